The average molecular weight is 486 g/mol. The lowest BCUT2D eigenvalue weighted by Gasteiger charge is -2.30. The lowest BCUT2D eigenvalue weighted by atomic mass is 10.1. The first-order valence-corrected chi connectivity index (χ1v) is 12.0. The van der Waals surface area contributed by atoms with Gasteiger partial charge in [0.2, 0.25) is 10.0 Å². The maximum absolute atomic E-state index is 13.2. The summed E-state index contributed by atoms with van der Waals surface area (Å²) in [6.07, 6.45) is -4.56. The maximum Gasteiger partial charge on any atom is 0.416 e. The van der Waals surface area contributed by atoms with Crippen molar-refractivity contribution in [2.24, 2.45) is 0 Å². The van der Waals surface area contributed by atoms with Gasteiger partial charge < -0.3 is 15.0 Å². The molecular formula is C22H26F3N3O4S. The van der Waals surface area contributed by atoms with Crippen molar-refractivity contribution in [3.63, 3.8) is 0 Å². The highest BCUT2D eigenvalue weighted by Gasteiger charge is 2.31. The minimum absolute atomic E-state index is 0.0419. The Bertz CT molecular complexity index is 1100. The van der Waals surface area contributed by atoms with E-state index < -0.39 is 27.7 Å². The number of sulfonamides is 1. The fourth-order valence-electron chi connectivity index (χ4n) is 3.62. The molecule has 1 aliphatic heterocycles. The molecule has 0 atom stereocenters. The van der Waals surface area contributed by atoms with Gasteiger partial charge in [-0.2, -0.15) is 17.5 Å². The maximum atomic E-state index is 13.2. The zero-order valence-corrected chi connectivity index (χ0v) is 19.2. The van der Waals surface area contributed by atoms with E-state index in [-0.39, 0.29) is 29.2 Å². The molecule has 33 heavy (non-hydrogen) atoms. The summed E-state index contributed by atoms with van der Waals surface area (Å²) in [4.78, 5) is 15.0. The number of nitrogens with one attached hydrogen (secondary N) is 1. The summed E-state index contributed by atoms with van der Waals surface area (Å²) in [6, 6.07) is 8.57. The Labute approximate surface area is 191 Å². The van der Waals surface area contributed by atoms with Crippen LogP contribution in [-0.2, 0) is 20.9 Å². The first-order chi connectivity index (χ1) is 15.6. The number of ether oxygens (including phenoxy) is 1. The summed E-state index contributed by atoms with van der Waals surface area (Å²) in [7, 11) is -3.84. The highest BCUT2D eigenvalue weighted by atomic mass is 32.2. The third kappa shape index (κ3) is 5.66. The standard InChI is InChI=1S/C22H26F3N3O4S/c1-3-28(4-2)33(30,31)18-8-9-20(27-10-12-32-13-11-27)19(15-18)21(29)26-17-7-5-6-16(14-17)22(23,24)25/h5-9,14-15H,3-4,10-13H2,1-2H3,(H,26,29). The average Bonchev–Trinajstić information content (AvgIpc) is 2.79. The number of anilines is 2. The van der Waals surface area contributed by atoms with Crippen molar-refractivity contribution in [2.75, 3.05) is 49.6 Å². The van der Waals surface area contributed by atoms with E-state index >= 15 is 0 Å². The largest absolute Gasteiger partial charge is 0.416 e. The van der Waals surface area contributed by atoms with Gasteiger partial charge in [0, 0.05) is 37.6 Å². The fourth-order valence-corrected chi connectivity index (χ4v) is 5.11. The van der Waals surface area contributed by atoms with Crippen molar-refractivity contribution in [2.45, 2.75) is 24.9 Å². The van der Waals surface area contributed by atoms with Gasteiger partial charge >= 0.3 is 6.18 Å². The number of morpholine rings is 1. The first kappa shape index (κ1) is 25.0. The molecule has 1 saturated heterocycles. The smallest absolute Gasteiger partial charge is 0.378 e. The van der Waals surface area contributed by atoms with Gasteiger partial charge in [0.1, 0.15) is 0 Å². The van der Waals surface area contributed by atoms with Crippen LogP contribution in [-0.4, -0.2) is 58.0 Å². The van der Waals surface area contributed by atoms with Crippen molar-refractivity contribution >= 4 is 27.3 Å². The molecule has 2 aromatic carbocycles. The topological polar surface area (TPSA) is 79.0 Å². The number of nitrogens with zero attached hydrogens (tertiary/aromatic N) is 2. The molecule has 3 rings (SSSR count). The molecule has 0 radical (unpaired) electrons. The second-order valence-electron chi connectivity index (χ2n) is 7.40. The van der Waals surface area contributed by atoms with Crippen LogP contribution >= 0.6 is 0 Å². The Morgan fingerprint density at radius 3 is 2.36 bits per heavy atom. The molecule has 0 spiro atoms. The van der Waals surface area contributed by atoms with Gasteiger partial charge in [0.25, 0.3) is 5.91 Å². The second kappa shape index (κ2) is 10.1. The van der Waals surface area contributed by atoms with E-state index in [9.17, 15) is 26.4 Å². The molecule has 1 aliphatic rings. The molecule has 0 saturated carbocycles. The second-order valence-corrected chi connectivity index (χ2v) is 9.34. The van der Waals surface area contributed by atoms with E-state index in [0.717, 1.165) is 12.1 Å². The van der Waals surface area contributed by atoms with Crippen molar-refractivity contribution in [1.29, 1.82) is 0 Å². The Hall–Kier alpha value is -2.63. The molecule has 0 aromatic heterocycles. The molecule has 0 aliphatic carbocycles. The highest BCUT2D eigenvalue weighted by molar-refractivity contribution is 7.89. The molecular weight excluding hydrogens is 459 g/mol. The number of benzene rings is 2. The van der Waals surface area contributed by atoms with Crippen LogP contribution in [0.2, 0.25) is 0 Å². The van der Waals surface area contributed by atoms with Crippen LogP contribution in [0.15, 0.2) is 47.4 Å². The summed E-state index contributed by atoms with van der Waals surface area (Å²) in [5.74, 6) is -0.701. The van der Waals surface area contributed by atoms with Crippen molar-refractivity contribution in [3.8, 4) is 0 Å². The van der Waals surface area contributed by atoms with Gasteiger partial charge in [-0.25, -0.2) is 8.42 Å². The van der Waals surface area contributed by atoms with Gasteiger partial charge in [-0.3, -0.25) is 4.79 Å². The predicted molar refractivity (Wildman–Crippen MR) is 119 cm³/mol. The quantitative estimate of drug-likeness (QED) is 0.645. The molecule has 11 heteroatoms. The molecule has 1 amide bonds. The van der Waals surface area contributed by atoms with Gasteiger partial charge in [-0.05, 0) is 36.4 Å². The third-order valence-electron chi connectivity index (χ3n) is 5.36. The van der Waals surface area contributed by atoms with Gasteiger partial charge in [0.05, 0.1) is 29.2 Å². The summed E-state index contributed by atoms with van der Waals surface area (Å²) >= 11 is 0. The number of hydrogen-bond donors (Lipinski definition) is 1. The molecule has 7 nitrogen and oxygen atoms in total. The third-order valence-corrected chi connectivity index (χ3v) is 7.40. The van der Waals surface area contributed by atoms with E-state index in [0.29, 0.717) is 32.0 Å². The number of carbonyl (C=O) groups is 1. The molecule has 0 bridgehead atoms. The summed E-state index contributed by atoms with van der Waals surface area (Å²) < 4.78 is 71.8. The highest BCUT2D eigenvalue weighted by Crippen LogP contribution is 2.32. The van der Waals surface area contributed by atoms with Crippen molar-refractivity contribution < 1.29 is 31.1 Å². The number of halogens is 3. The molecule has 2 aromatic rings. The Morgan fingerprint density at radius 2 is 1.76 bits per heavy atom. The summed E-state index contributed by atoms with van der Waals surface area (Å²) in [5, 5.41) is 2.48. The zero-order chi connectivity index (χ0) is 24.2. The Kier molecular flexibility index (Phi) is 7.65. The van der Waals surface area contributed by atoms with Crippen LogP contribution in [0.4, 0.5) is 24.5 Å². The minimum Gasteiger partial charge on any atom is -0.378 e. The molecule has 1 fully saturated rings. The molecule has 1 heterocycles. The monoisotopic (exact) mass is 485 g/mol. The summed E-state index contributed by atoms with van der Waals surface area (Å²) in [6.45, 7) is 5.81. The fraction of sp³-hybridized carbons (Fsp3) is 0.409. The van der Waals surface area contributed by atoms with Crippen LogP contribution in [0.3, 0.4) is 0 Å². The predicted octanol–water partition coefficient (Wildman–Crippen LogP) is 3.82. The molecule has 180 valence electrons. The van der Waals surface area contributed by atoms with E-state index in [1.54, 1.807) is 19.9 Å². The van der Waals surface area contributed by atoms with Crippen LogP contribution in [0.5, 0.6) is 0 Å². The van der Waals surface area contributed by atoms with Gasteiger partial charge in [0.15, 0.2) is 0 Å². The van der Waals surface area contributed by atoms with E-state index in [1.807, 2.05) is 4.90 Å². The van der Waals surface area contributed by atoms with Crippen LogP contribution in [0.1, 0.15) is 29.8 Å². The normalized spacial score (nSPS) is 15.0. The molecule has 0 unspecified atom stereocenters. The van der Waals surface area contributed by atoms with Crippen molar-refractivity contribution in [3.05, 3.63) is 53.6 Å². The minimum atomic E-state index is -4.56. The number of amides is 1. The van der Waals surface area contributed by atoms with Crippen LogP contribution in [0.25, 0.3) is 0 Å². The number of rotatable bonds is 7. The molecule has 1 N–H and O–H groups in total. The van der Waals surface area contributed by atoms with E-state index in [2.05, 4.69) is 5.32 Å². The van der Waals surface area contributed by atoms with E-state index in [4.69, 9.17) is 4.74 Å². The Balaban J connectivity index is 2.02. The van der Waals surface area contributed by atoms with E-state index in [1.165, 1.54) is 28.6 Å². The SMILES string of the molecule is CCN(CC)S(=O)(=O)c1ccc(N2CCOCC2)c(C(=O)Nc2cccc(C(F)(F)F)c2)c1. The van der Waals surface area contributed by atoms with Gasteiger partial charge in [-0.1, -0.05) is 19.9 Å². The lowest BCUT2D eigenvalue weighted by molar-refractivity contribution is -0.137. The zero-order valence-electron chi connectivity index (χ0n) is 18.4. The van der Waals surface area contributed by atoms with Crippen LogP contribution < -0.4 is 10.2 Å². The number of alkyl halides is 3. The van der Waals surface area contributed by atoms with Gasteiger partial charge in [-0.15, -0.1) is 0 Å². The lowest BCUT2D eigenvalue weighted by Crippen LogP contribution is -2.37. The number of hydrogen-bond acceptors (Lipinski definition) is 5. The number of carbonyl (C=O) groups excluding carboxylic acids is 1. The first-order valence-electron chi connectivity index (χ1n) is 10.5. The van der Waals surface area contributed by atoms with Crippen molar-refractivity contribution in [1.82, 2.24) is 4.31 Å². The summed E-state index contributed by atoms with van der Waals surface area (Å²) in [5.41, 5.74) is -0.393. The Morgan fingerprint density at radius 1 is 1.09 bits per heavy atom. The van der Waals surface area contributed by atoms with Crippen LogP contribution in [0, 0.1) is 0 Å².